The number of carbonyl (C=O) groups is 1. The molecule has 1 aliphatic carbocycles. The normalized spacial score (nSPS) is 18.0. The summed E-state index contributed by atoms with van der Waals surface area (Å²) in [6, 6.07) is 13.2. The molecule has 0 radical (unpaired) electrons. The molecule has 140 valence electrons. The third-order valence-corrected chi connectivity index (χ3v) is 5.68. The number of halogens is 1. The lowest BCUT2D eigenvalue weighted by atomic mass is 9.91. The van der Waals surface area contributed by atoms with Crippen LogP contribution in [0.15, 0.2) is 48.5 Å². The predicted octanol–water partition coefficient (Wildman–Crippen LogP) is 4.43. The summed E-state index contributed by atoms with van der Waals surface area (Å²) in [5.74, 6) is -0.511. The molecule has 1 N–H and O–H groups in total. The average molecular weight is 364 g/mol. The van der Waals surface area contributed by atoms with Crippen LogP contribution in [0.5, 0.6) is 0 Å². The van der Waals surface area contributed by atoms with Crippen LogP contribution in [0.1, 0.15) is 36.0 Å². The van der Waals surface area contributed by atoms with Gasteiger partial charge in [-0.3, -0.25) is 9.69 Å². The molecule has 0 unspecified atom stereocenters. The van der Waals surface area contributed by atoms with Crippen molar-refractivity contribution in [2.45, 2.75) is 38.1 Å². The molecule has 0 aromatic heterocycles. The van der Waals surface area contributed by atoms with E-state index in [4.69, 9.17) is 0 Å². The molecule has 0 spiro atoms. The average Bonchev–Trinajstić information content (AvgIpc) is 2.81. The summed E-state index contributed by atoms with van der Waals surface area (Å²) in [4.78, 5) is 14.8. The Bertz CT molecular complexity index is 857. The zero-order chi connectivity index (χ0) is 18.6. The topological polar surface area (TPSA) is 32.3 Å². The van der Waals surface area contributed by atoms with E-state index in [1.807, 2.05) is 6.07 Å². The highest BCUT2D eigenvalue weighted by atomic mass is 19.1. The van der Waals surface area contributed by atoms with Crippen molar-refractivity contribution >= 4 is 17.7 Å². The maximum atomic E-state index is 13.2. The van der Waals surface area contributed by atoms with E-state index < -0.39 is 0 Å². The Kier molecular flexibility index (Phi) is 5.35. The molecule has 2 aliphatic rings. The minimum Gasteiger partial charge on any atom is -0.323 e. The van der Waals surface area contributed by atoms with Gasteiger partial charge in [0.1, 0.15) is 5.82 Å². The molecule has 27 heavy (non-hydrogen) atoms. The molecule has 0 atom stereocenters. The van der Waals surface area contributed by atoms with Crippen LogP contribution in [0.3, 0.4) is 0 Å². The lowest BCUT2D eigenvalue weighted by Gasteiger charge is -2.36. The van der Waals surface area contributed by atoms with Crippen molar-refractivity contribution in [3.63, 3.8) is 0 Å². The van der Waals surface area contributed by atoms with Crippen molar-refractivity contribution in [3.8, 4) is 0 Å². The Morgan fingerprint density at radius 1 is 1.07 bits per heavy atom. The van der Waals surface area contributed by atoms with Crippen LogP contribution in [0, 0.1) is 5.82 Å². The molecule has 1 amide bonds. The van der Waals surface area contributed by atoms with E-state index in [-0.39, 0.29) is 11.7 Å². The minimum absolute atomic E-state index is 0.205. The van der Waals surface area contributed by atoms with Gasteiger partial charge in [-0.15, -0.1) is 0 Å². The first kappa shape index (κ1) is 17.9. The molecule has 1 aliphatic heterocycles. The van der Waals surface area contributed by atoms with Gasteiger partial charge in [-0.2, -0.15) is 0 Å². The van der Waals surface area contributed by atoms with Crippen LogP contribution in [-0.2, 0) is 17.6 Å². The summed E-state index contributed by atoms with van der Waals surface area (Å²) >= 11 is 0. The van der Waals surface area contributed by atoms with Gasteiger partial charge in [-0.05, 0) is 72.7 Å². The largest absolute Gasteiger partial charge is 0.323 e. The Labute approximate surface area is 159 Å². The van der Waals surface area contributed by atoms with Crippen molar-refractivity contribution in [3.05, 3.63) is 71.0 Å². The number of rotatable bonds is 4. The minimum atomic E-state index is -0.306. The molecule has 4 rings (SSSR count). The molecule has 4 heteroatoms. The number of nitrogens with zero attached hydrogens (tertiary/aromatic N) is 1. The highest BCUT2D eigenvalue weighted by Crippen LogP contribution is 2.28. The van der Waals surface area contributed by atoms with Gasteiger partial charge in [-0.25, -0.2) is 4.39 Å². The third kappa shape index (κ3) is 4.45. The molecule has 3 nitrogen and oxygen atoms in total. The van der Waals surface area contributed by atoms with E-state index in [9.17, 15) is 9.18 Å². The van der Waals surface area contributed by atoms with E-state index in [1.54, 1.807) is 18.2 Å². The summed E-state index contributed by atoms with van der Waals surface area (Å²) in [5, 5.41) is 2.92. The number of amides is 1. The molecule has 0 bridgehead atoms. The van der Waals surface area contributed by atoms with E-state index in [1.165, 1.54) is 48.6 Å². The van der Waals surface area contributed by atoms with Gasteiger partial charge < -0.3 is 5.32 Å². The van der Waals surface area contributed by atoms with Gasteiger partial charge in [-0.1, -0.05) is 24.6 Å². The predicted molar refractivity (Wildman–Crippen MR) is 107 cm³/mol. The number of fused-ring (bicyclic) bond motifs is 1. The van der Waals surface area contributed by atoms with Crippen LogP contribution in [0.25, 0.3) is 6.08 Å². The molecule has 1 heterocycles. The van der Waals surface area contributed by atoms with Crippen molar-refractivity contribution in [2.24, 2.45) is 0 Å². The van der Waals surface area contributed by atoms with Crippen molar-refractivity contribution in [1.29, 1.82) is 0 Å². The standard InChI is InChI=1S/C23H25FN2O/c24-20-4-1-3-17(15-20)7-10-23(27)25-21-9-8-18-11-13-26(22-5-2-6-22)14-12-19(18)16-21/h1,3-4,7-10,15-16,22H,2,5-6,11-14H2,(H,25,27)/b10-7+. The fourth-order valence-corrected chi connectivity index (χ4v) is 3.90. The van der Waals surface area contributed by atoms with Crippen LogP contribution in [0.4, 0.5) is 10.1 Å². The summed E-state index contributed by atoms with van der Waals surface area (Å²) in [7, 11) is 0. The van der Waals surface area contributed by atoms with Gasteiger partial charge >= 0.3 is 0 Å². The van der Waals surface area contributed by atoms with E-state index >= 15 is 0 Å². The van der Waals surface area contributed by atoms with Gasteiger partial charge in [0.15, 0.2) is 0 Å². The molecular weight excluding hydrogens is 339 g/mol. The Balaban J connectivity index is 1.39. The van der Waals surface area contributed by atoms with Crippen LogP contribution in [0.2, 0.25) is 0 Å². The molecular formula is C23H25FN2O. The smallest absolute Gasteiger partial charge is 0.248 e. The van der Waals surface area contributed by atoms with Gasteiger partial charge in [0.05, 0.1) is 0 Å². The van der Waals surface area contributed by atoms with E-state index in [2.05, 4.69) is 22.3 Å². The lowest BCUT2D eigenvalue weighted by molar-refractivity contribution is -0.111. The highest BCUT2D eigenvalue weighted by Gasteiger charge is 2.26. The molecule has 2 aromatic carbocycles. The van der Waals surface area contributed by atoms with Crippen molar-refractivity contribution in [1.82, 2.24) is 4.90 Å². The lowest BCUT2D eigenvalue weighted by Crippen LogP contribution is -2.41. The Morgan fingerprint density at radius 3 is 2.63 bits per heavy atom. The Hall–Kier alpha value is -2.46. The highest BCUT2D eigenvalue weighted by molar-refractivity contribution is 6.02. The van der Waals surface area contributed by atoms with Crippen LogP contribution < -0.4 is 5.32 Å². The summed E-state index contributed by atoms with van der Waals surface area (Å²) in [5.41, 5.74) is 4.22. The Morgan fingerprint density at radius 2 is 1.89 bits per heavy atom. The maximum absolute atomic E-state index is 13.2. The van der Waals surface area contributed by atoms with Gasteiger partial charge in [0.2, 0.25) is 5.91 Å². The maximum Gasteiger partial charge on any atom is 0.248 e. The SMILES string of the molecule is O=C(/C=C/c1cccc(F)c1)Nc1ccc2c(c1)CCN(C1CCC1)CC2. The first-order valence-corrected chi connectivity index (χ1v) is 9.78. The van der Waals surface area contributed by atoms with Crippen molar-refractivity contribution in [2.75, 3.05) is 18.4 Å². The van der Waals surface area contributed by atoms with Gasteiger partial charge in [0.25, 0.3) is 0 Å². The van der Waals surface area contributed by atoms with Crippen molar-refractivity contribution < 1.29 is 9.18 Å². The summed E-state index contributed by atoms with van der Waals surface area (Å²) in [6.07, 6.45) is 9.24. The van der Waals surface area contributed by atoms with E-state index in [0.717, 1.165) is 37.7 Å². The number of anilines is 1. The first-order chi connectivity index (χ1) is 13.2. The van der Waals surface area contributed by atoms with Crippen LogP contribution in [-0.4, -0.2) is 29.9 Å². The number of carbonyl (C=O) groups excluding carboxylic acids is 1. The zero-order valence-electron chi connectivity index (χ0n) is 15.5. The quantitative estimate of drug-likeness (QED) is 0.814. The molecule has 0 saturated heterocycles. The number of benzene rings is 2. The van der Waals surface area contributed by atoms with Crippen LogP contribution >= 0.6 is 0 Å². The second-order valence-corrected chi connectivity index (χ2v) is 7.48. The summed E-state index contributed by atoms with van der Waals surface area (Å²) in [6.45, 7) is 2.24. The third-order valence-electron chi connectivity index (χ3n) is 5.68. The molecule has 1 saturated carbocycles. The first-order valence-electron chi connectivity index (χ1n) is 9.78. The fraction of sp³-hybridized carbons (Fsp3) is 0.348. The number of hydrogen-bond acceptors (Lipinski definition) is 2. The monoisotopic (exact) mass is 364 g/mol. The molecule has 1 fully saturated rings. The summed E-state index contributed by atoms with van der Waals surface area (Å²) < 4.78 is 13.2. The number of hydrogen-bond donors (Lipinski definition) is 1. The zero-order valence-corrected chi connectivity index (χ0v) is 15.5. The number of nitrogens with one attached hydrogen (secondary N) is 1. The van der Waals surface area contributed by atoms with Gasteiger partial charge in [0, 0.05) is 30.9 Å². The molecule has 2 aromatic rings. The van der Waals surface area contributed by atoms with E-state index in [0.29, 0.717) is 5.56 Å². The second kappa shape index (κ2) is 8.05. The second-order valence-electron chi connectivity index (χ2n) is 7.48. The fourth-order valence-electron chi connectivity index (χ4n) is 3.90.